The number of amides is 1. The first-order valence-electron chi connectivity index (χ1n) is 10.6. The van der Waals surface area contributed by atoms with Crippen molar-refractivity contribution in [3.63, 3.8) is 0 Å². The number of para-hydroxylation sites is 1. The molecular formula is C25H24Cl2N2O6S. The molecule has 0 N–H and O–H groups in total. The molecule has 3 aromatic rings. The number of halogens is 2. The highest BCUT2D eigenvalue weighted by molar-refractivity contribution is 7.89. The van der Waals surface area contributed by atoms with Crippen LogP contribution >= 0.6 is 23.2 Å². The maximum Gasteiger partial charge on any atom is 0.339 e. The van der Waals surface area contributed by atoms with Crippen molar-refractivity contribution >= 4 is 51.3 Å². The Morgan fingerprint density at radius 3 is 2.19 bits per heavy atom. The van der Waals surface area contributed by atoms with Crippen LogP contribution in [0.4, 0.5) is 5.69 Å². The monoisotopic (exact) mass is 550 g/mol. The summed E-state index contributed by atoms with van der Waals surface area (Å²) in [5.41, 5.74) is 1.54. The lowest BCUT2D eigenvalue weighted by molar-refractivity contribution is -0.107. The Bertz CT molecular complexity index is 1380. The second-order valence-corrected chi connectivity index (χ2v) is 10.5. The summed E-state index contributed by atoms with van der Waals surface area (Å²) in [7, 11) is 0.0298. The summed E-state index contributed by atoms with van der Waals surface area (Å²) >= 11 is 12.2. The summed E-state index contributed by atoms with van der Waals surface area (Å²) in [5.74, 6) is -0.473. The number of ether oxygens (including phenoxy) is 2. The van der Waals surface area contributed by atoms with Gasteiger partial charge in [-0.25, -0.2) is 13.2 Å². The first-order chi connectivity index (χ1) is 17.1. The number of methoxy groups -OCH3 is 2. The molecule has 3 aromatic carbocycles. The maximum absolute atomic E-state index is 13.8. The molecule has 0 aromatic heterocycles. The second-order valence-electron chi connectivity index (χ2n) is 7.73. The Morgan fingerprint density at radius 1 is 0.944 bits per heavy atom. The fraction of sp³-hybridized carbons (Fsp3) is 0.200. The normalized spacial score (nSPS) is 11.3. The van der Waals surface area contributed by atoms with Crippen LogP contribution in [0.1, 0.15) is 21.5 Å². The Morgan fingerprint density at radius 2 is 1.58 bits per heavy atom. The summed E-state index contributed by atoms with van der Waals surface area (Å²) in [6, 6.07) is 15.9. The van der Waals surface area contributed by atoms with E-state index in [1.807, 2.05) is 0 Å². The van der Waals surface area contributed by atoms with Crippen LogP contribution in [0.25, 0.3) is 0 Å². The third-order valence-corrected chi connectivity index (χ3v) is 7.96. The van der Waals surface area contributed by atoms with Crippen LogP contribution in [0.2, 0.25) is 10.0 Å². The van der Waals surface area contributed by atoms with Gasteiger partial charge in [0.1, 0.15) is 10.6 Å². The predicted octanol–water partition coefficient (Wildman–Crippen LogP) is 4.77. The molecular weight excluding hydrogens is 527 g/mol. The van der Waals surface area contributed by atoms with Crippen LogP contribution in [0, 0.1) is 0 Å². The quantitative estimate of drug-likeness (QED) is 0.266. The lowest BCUT2D eigenvalue weighted by Gasteiger charge is -2.24. The molecule has 0 aliphatic rings. The van der Waals surface area contributed by atoms with E-state index in [1.165, 1.54) is 42.6 Å². The molecule has 0 unspecified atom stereocenters. The highest BCUT2D eigenvalue weighted by Gasteiger charge is 2.29. The van der Waals surface area contributed by atoms with Crippen LogP contribution in [-0.4, -0.2) is 46.4 Å². The molecule has 11 heteroatoms. The number of sulfonamides is 1. The van der Waals surface area contributed by atoms with Gasteiger partial charge in [-0.3, -0.25) is 4.79 Å². The fourth-order valence-corrected chi connectivity index (χ4v) is 5.45. The van der Waals surface area contributed by atoms with Gasteiger partial charge in [0.2, 0.25) is 16.4 Å². The number of carbonyl (C=O) groups is 2. The molecule has 0 spiro atoms. The summed E-state index contributed by atoms with van der Waals surface area (Å²) in [6.07, 6.45) is 0.560. The topological polar surface area (TPSA) is 93.2 Å². The molecule has 0 bridgehead atoms. The summed E-state index contributed by atoms with van der Waals surface area (Å²) in [4.78, 5) is 24.9. The molecule has 0 radical (unpaired) electrons. The molecule has 8 nitrogen and oxygen atoms in total. The van der Waals surface area contributed by atoms with Gasteiger partial charge in [0, 0.05) is 20.1 Å². The molecule has 0 fully saturated rings. The summed E-state index contributed by atoms with van der Waals surface area (Å²) in [5, 5.41) is 0.634. The molecule has 0 aliphatic carbocycles. The van der Waals surface area contributed by atoms with Gasteiger partial charge in [-0.15, -0.1) is 0 Å². The number of anilines is 1. The van der Waals surface area contributed by atoms with E-state index >= 15 is 0 Å². The number of benzene rings is 3. The van der Waals surface area contributed by atoms with E-state index in [2.05, 4.69) is 0 Å². The molecule has 36 heavy (non-hydrogen) atoms. The number of hydrogen-bond donors (Lipinski definition) is 0. The molecule has 0 atom stereocenters. The van der Waals surface area contributed by atoms with Crippen LogP contribution in [0.5, 0.6) is 5.75 Å². The molecule has 190 valence electrons. The van der Waals surface area contributed by atoms with Crippen molar-refractivity contribution in [1.82, 2.24) is 4.31 Å². The molecule has 1 amide bonds. The zero-order chi connectivity index (χ0) is 26.5. The smallest absolute Gasteiger partial charge is 0.339 e. The van der Waals surface area contributed by atoms with Gasteiger partial charge in [0.15, 0.2) is 0 Å². The predicted molar refractivity (Wildman–Crippen MR) is 138 cm³/mol. The lowest BCUT2D eigenvalue weighted by atomic mass is 10.1. The minimum absolute atomic E-state index is 0.0157. The Balaban J connectivity index is 2.10. The summed E-state index contributed by atoms with van der Waals surface area (Å²) < 4.78 is 39.0. The number of rotatable bonds is 10. The van der Waals surface area contributed by atoms with Crippen molar-refractivity contribution in [2.24, 2.45) is 0 Å². The average Bonchev–Trinajstić information content (AvgIpc) is 2.89. The van der Waals surface area contributed by atoms with Crippen molar-refractivity contribution in [1.29, 1.82) is 0 Å². The Kier molecular flexibility index (Phi) is 8.97. The number of nitrogens with zero attached hydrogens (tertiary/aromatic N) is 2. The number of esters is 1. The van der Waals surface area contributed by atoms with Gasteiger partial charge >= 0.3 is 5.97 Å². The SMILES string of the molecule is COC(=O)c1cc(CN(Cc2ccc(Cl)c(Cl)c2)S(=O)(=O)c2ccccc2OC)ccc1N(C)C=O. The molecule has 0 saturated carbocycles. The zero-order valence-electron chi connectivity index (χ0n) is 19.8. The average molecular weight is 551 g/mol. The van der Waals surface area contributed by atoms with E-state index in [0.29, 0.717) is 28.2 Å². The van der Waals surface area contributed by atoms with Crippen molar-refractivity contribution in [2.45, 2.75) is 18.0 Å². The zero-order valence-corrected chi connectivity index (χ0v) is 22.1. The van der Waals surface area contributed by atoms with Gasteiger partial charge in [-0.1, -0.05) is 47.5 Å². The van der Waals surface area contributed by atoms with Crippen LogP contribution in [-0.2, 0) is 32.6 Å². The largest absolute Gasteiger partial charge is 0.495 e. The third kappa shape index (κ3) is 5.99. The van der Waals surface area contributed by atoms with Crippen LogP contribution in [0.15, 0.2) is 65.6 Å². The van der Waals surface area contributed by atoms with Gasteiger partial charge in [0.25, 0.3) is 0 Å². The first-order valence-corrected chi connectivity index (χ1v) is 12.8. The van der Waals surface area contributed by atoms with Crippen LogP contribution < -0.4 is 9.64 Å². The molecule has 0 heterocycles. The molecule has 0 aliphatic heterocycles. The number of carbonyl (C=O) groups excluding carboxylic acids is 2. The van der Waals surface area contributed by atoms with E-state index in [-0.39, 0.29) is 34.3 Å². The van der Waals surface area contributed by atoms with E-state index in [9.17, 15) is 18.0 Å². The highest BCUT2D eigenvalue weighted by atomic mass is 35.5. The van der Waals surface area contributed by atoms with E-state index in [0.717, 1.165) is 0 Å². The lowest BCUT2D eigenvalue weighted by Crippen LogP contribution is -2.31. The fourth-order valence-electron chi connectivity index (χ4n) is 3.56. The van der Waals surface area contributed by atoms with Crippen molar-refractivity contribution < 1.29 is 27.5 Å². The minimum atomic E-state index is -4.08. The molecule has 3 rings (SSSR count). The van der Waals surface area contributed by atoms with Gasteiger partial charge in [0.05, 0.1) is 35.5 Å². The van der Waals surface area contributed by atoms with Crippen molar-refractivity contribution in [3.05, 3.63) is 87.4 Å². The van der Waals surface area contributed by atoms with Crippen molar-refractivity contribution in [3.8, 4) is 5.75 Å². The summed E-state index contributed by atoms with van der Waals surface area (Å²) in [6.45, 7) is -0.142. The number of hydrogen-bond acceptors (Lipinski definition) is 6. The standard InChI is InChI=1S/C25H24Cl2N2O6S/c1-28(16-30)22-11-9-17(12-19(22)25(31)35-3)14-29(15-18-8-10-20(26)21(27)13-18)36(32,33)24-7-5-4-6-23(24)34-2/h4-13,16H,14-15H2,1-3H3. The van der Waals surface area contributed by atoms with E-state index in [1.54, 1.807) is 48.5 Å². The van der Waals surface area contributed by atoms with Gasteiger partial charge < -0.3 is 14.4 Å². The van der Waals surface area contributed by atoms with Crippen molar-refractivity contribution in [2.75, 3.05) is 26.2 Å². The Hall–Kier alpha value is -3.11. The molecule has 0 saturated heterocycles. The second kappa shape index (κ2) is 11.7. The maximum atomic E-state index is 13.8. The Labute approximate surface area is 220 Å². The first kappa shape index (κ1) is 27.5. The van der Waals surface area contributed by atoms with E-state index < -0.39 is 16.0 Å². The highest BCUT2D eigenvalue weighted by Crippen LogP contribution is 2.31. The third-order valence-electron chi connectivity index (χ3n) is 5.39. The van der Waals surface area contributed by atoms with Crippen LogP contribution in [0.3, 0.4) is 0 Å². The van der Waals surface area contributed by atoms with E-state index in [4.69, 9.17) is 32.7 Å². The van der Waals surface area contributed by atoms with Gasteiger partial charge in [-0.05, 0) is 47.5 Å². The minimum Gasteiger partial charge on any atom is -0.495 e. The van der Waals surface area contributed by atoms with Gasteiger partial charge in [-0.2, -0.15) is 4.31 Å².